The monoisotopic (exact) mass is 340 g/mol. The van der Waals surface area contributed by atoms with Crippen LogP contribution < -0.4 is 10.6 Å². The predicted octanol–water partition coefficient (Wildman–Crippen LogP) is 1.41. The van der Waals surface area contributed by atoms with E-state index in [4.69, 9.17) is 4.52 Å². The van der Waals surface area contributed by atoms with E-state index in [1.54, 1.807) is 0 Å². The molecule has 2 aromatic rings. The third kappa shape index (κ3) is 3.14. The predicted molar refractivity (Wildman–Crippen MR) is 88.5 cm³/mol. The highest BCUT2D eigenvalue weighted by atomic mass is 16.5. The number of nitrogens with zero attached hydrogens (tertiary/aromatic N) is 2. The van der Waals surface area contributed by atoms with Gasteiger partial charge in [-0.3, -0.25) is 9.59 Å². The Labute approximate surface area is 145 Å². The van der Waals surface area contributed by atoms with Crippen molar-refractivity contribution in [2.45, 2.75) is 43.6 Å². The second-order valence-corrected chi connectivity index (χ2v) is 6.72. The van der Waals surface area contributed by atoms with Crippen molar-refractivity contribution in [2.24, 2.45) is 0 Å². The van der Waals surface area contributed by atoms with Crippen molar-refractivity contribution in [2.75, 3.05) is 6.54 Å². The normalized spacial score (nSPS) is 21.4. The van der Waals surface area contributed by atoms with Crippen LogP contribution >= 0.6 is 0 Å². The molecule has 2 heterocycles. The molecule has 2 fully saturated rings. The number of benzene rings is 1. The Morgan fingerprint density at radius 1 is 1.32 bits per heavy atom. The maximum Gasteiger partial charge on any atom is 0.246 e. The van der Waals surface area contributed by atoms with Crippen molar-refractivity contribution in [1.29, 1.82) is 0 Å². The van der Waals surface area contributed by atoms with Gasteiger partial charge in [-0.25, -0.2) is 0 Å². The average molecular weight is 340 g/mol. The molecule has 1 aromatic carbocycles. The molecule has 2 aliphatic rings. The van der Waals surface area contributed by atoms with E-state index >= 15 is 0 Å². The van der Waals surface area contributed by atoms with Crippen LogP contribution in [0, 0.1) is 0 Å². The van der Waals surface area contributed by atoms with E-state index in [2.05, 4.69) is 20.8 Å². The van der Waals surface area contributed by atoms with Crippen molar-refractivity contribution in [3.63, 3.8) is 0 Å². The van der Waals surface area contributed by atoms with Crippen molar-refractivity contribution in [3.8, 4) is 0 Å². The molecule has 0 spiro atoms. The van der Waals surface area contributed by atoms with Gasteiger partial charge in [-0.15, -0.1) is 0 Å². The molecule has 2 N–H and O–H groups in total. The van der Waals surface area contributed by atoms with E-state index in [0.717, 1.165) is 24.8 Å². The van der Waals surface area contributed by atoms with E-state index in [-0.39, 0.29) is 24.3 Å². The minimum Gasteiger partial charge on any atom is -0.356 e. The summed E-state index contributed by atoms with van der Waals surface area (Å²) in [5, 5.41) is 9.67. The van der Waals surface area contributed by atoms with Gasteiger partial charge >= 0.3 is 0 Å². The molecule has 1 unspecified atom stereocenters. The highest BCUT2D eigenvalue weighted by Gasteiger charge is 2.51. The van der Waals surface area contributed by atoms with Gasteiger partial charge in [0.25, 0.3) is 0 Å². The number of carbonyl (C=O) groups is 2. The molecule has 7 heteroatoms. The number of amides is 2. The topological polar surface area (TPSA) is 97.1 Å². The zero-order chi connectivity index (χ0) is 17.3. The van der Waals surface area contributed by atoms with Crippen LogP contribution in [0.25, 0.3) is 0 Å². The molecule has 1 aliphatic carbocycles. The van der Waals surface area contributed by atoms with Gasteiger partial charge in [-0.05, 0) is 24.8 Å². The van der Waals surface area contributed by atoms with Crippen molar-refractivity contribution >= 4 is 11.8 Å². The molecule has 25 heavy (non-hydrogen) atoms. The van der Waals surface area contributed by atoms with Crippen LogP contribution in [-0.2, 0) is 21.5 Å². The van der Waals surface area contributed by atoms with Gasteiger partial charge in [0.2, 0.25) is 17.7 Å². The first-order valence-corrected chi connectivity index (χ1v) is 8.60. The second kappa shape index (κ2) is 6.31. The molecule has 1 aromatic heterocycles. The number of nitrogens with one attached hydrogen (secondary N) is 2. The van der Waals surface area contributed by atoms with Crippen LogP contribution in [-0.4, -0.2) is 28.5 Å². The van der Waals surface area contributed by atoms with Gasteiger partial charge in [0.05, 0.1) is 12.0 Å². The summed E-state index contributed by atoms with van der Waals surface area (Å²) in [6.45, 7) is 0.836. The largest absolute Gasteiger partial charge is 0.356 e. The Balaban J connectivity index is 1.37. The quantitative estimate of drug-likeness (QED) is 0.858. The third-order valence-corrected chi connectivity index (χ3v) is 5.01. The molecule has 1 saturated carbocycles. The van der Waals surface area contributed by atoms with Gasteiger partial charge in [0.1, 0.15) is 0 Å². The SMILES string of the molecule is O=C1CC(c2noc(CNC(=O)C3(c4ccccc4)CC3)n2)CCN1. The number of hydrogen-bond donors (Lipinski definition) is 2. The fourth-order valence-electron chi connectivity index (χ4n) is 3.36. The summed E-state index contributed by atoms with van der Waals surface area (Å²) in [6, 6.07) is 9.83. The summed E-state index contributed by atoms with van der Waals surface area (Å²) in [5.74, 6) is 0.910. The Bertz CT molecular complexity index is 783. The summed E-state index contributed by atoms with van der Waals surface area (Å²) >= 11 is 0. The van der Waals surface area contributed by atoms with Crippen LogP contribution in [0.5, 0.6) is 0 Å². The van der Waals surface area contributed by atoms with Gasteiger partial charge in [-0.1, -0.05) is 35.5 Å². The molecule has 0 radical (unpaired) electrons. The maximum atomic E-state index is 12.6. The zero-order valence-corrected chi connectivity index (χ0v) is 13.8. The molecule has 7 nitrogen and oxygen atoms in total. The van der Waals surface area contributed by atoms with Crippen LogP contribution in [0.15, 0.2) is 34.9 Å². The zero-order valence-electron chi connectivity index (χ0n) is 13.8. The van der Waals surface area contributed by atoms with Crippen LogP contribution in [0.2, 0.25) is 0 Å². The molecular weight excluding hydrogens is 320 g/mol. The number of piperidine rings is 1. The van der Waals surface area contributed by atoms with Gasteiger partial charge < -0.3 is 15.2 Å². The first-order valence-electron chi connectivity index (χ1n) is 8.60. The number of aromatic nitrogens is 2. The van der Waals surface area contributed by atoms with Crippen LogP contribution in [0.4, 0.5) is 0 Å². The van der Waals surface area contributed by atoms with E-state index < -0.39 is 5.41 Å². The van der Waals surface area contributed by atoms with Crippen molar-refractivity contribution in [1.82, 2.24) is 20.8 Å². The molecule has 1 atom stereocenters. The Morgan fingerprint density at radius 3 is 2.84 bits per heavy atom. The van der Waals surface area contributed by atoms with E-state index in [0.29, 0.717) is 24.7 Å². The first-order chi connectivity index (χ1) is 12.2. The van der Waals surface area contributed by atoms with Gasteiger partial charge in [-0.2, -0.15) is 4.98 Å². The van der Waals surface area contributed by atoms with E-state index in [1.165, 1.54) is 0 Å². The average Bonchev–Trinajstić information content (AvgIpc) is 3.32. The summed E-state index contributed by atoms with van der Waals surface area (Å²) in [6.07, 6.45) is 2.89. The Hall–Kier alpha value is -2.70. The summed E-state index contributed by atoms with van der Waals surface area (Å²) < 4.78 is 5.23. The lowest BCUT2D eigenvalue weighted by Gasteiger charge is -2.18. The fourth-order valence-corrected chi connectivity index (χ4v) is 3.36. The highest BCUT2D eigenvalue weighted by molar-refractivity contribution is 5.91. The highest BCUT2D eigenvalue weighted by Crippen LogP contribution is 2.48. The molecule has 130 valence electrons. The summed E-state index contributed by atoms with van der Waals surface area (Å²) in [7, 11) is 0. The van der Waals surface area contributed by atoms with Gasteiger partial charge in [0, 0.05) is 18.9 Å². The Kier molecular flexibility index (Phi) is 3.99. The third-order valence-electron chi connectivity index (χ3n) is 5.01. The molecule has 1 aliphatic heterocycles. The van der Waals surface area contributed by atoms with Gasteiger partial charge in [0.15, 0.2) is 5.82 Å². The fraction of sp³-hybridized carbons (Fsp3) is 0.444. The number of rotatable bonds is 5. The van der Waals surface area contributed by atoms with E-state index in [1.807, 2.05) is 30.3 Å². The number of carbonyl (C=O) groups excluding carboxylic acids is 2. The van der Waals surface area contributed by atoms with Crippen molar-refractivity contribution in [3.05, 3.63) is 47.6 Å². The lowest BCUT2D eigenvalue weighted by Crippen LogP contribution is -2.34. The Morgan fingerprint density at radius 2 is 2.12 bits per heavy atom. The summed E-state index contributed by atoms with van der Waals surface area (Å²) in [4.78, 5) is 28.4. The van der Waals surface area contributed by atoms with Crippen molar-refractivity contribution < 1.29 is 14.1 Å². The summed E-state index contributed by atoms with van der Waals surface area (Å²) in [5.41, 5.74) is 0.637. The molecular formula is C18H20N4O3. The smallest absolute Gasteiger partial charge is 0.246 e. The lowest BCUT2D eigenvalue weighted by molar-refractivity contribution is -0.124. The lowest BCUT2D eigenvalue weighted by atomic mass is 9.95. The molecule has 4 rings (SSSR count). The van der Waals surface area contributed by atoms with Crippen LogP contribution in [0.3, 0.4) is 0 Å². The van der Waals surface area contributed by atoms with E-state index in [9.17, 15) is 9.59 Å². The standard InChI is InChI=1S/C18H20N4O3/c23-14-10-12(6-9-19-14)16-21-15(25-22-16)11-20-17(24)18(7-8-18)13-4-2-1-3-5-13/h1-5,12H,6-11H2,(H,19,23)(H,20,24). The molecule has 1 saturated heterocycles. The minimum absolute atomic E-state index is 0.00417. The van der Waals surface area contributed by atoms with Crippen LogP contribution in [0.1, 0.15) is 48.9 Å². The maximum absolute atomic E-state index is 12.6. The molecule has 0 bridgehead atoms. The number of hydrogen-bond acceptors (Lipinski definition) is 5. The molecule has 2 amide bonds. The minimum atomic E-state index is -0.411. The first kappa shape index (κ1) is 15.8. The second-order valence-electron chi connectivity index (χ2n) is 6.72.